The lowest BCUT2D eigenvalue weighted by Gasteiger charge is -2.10. The summed E-state index contributed by atoms with van der Waals surface area (Å²) in [6.07, 6.45) is 4.13. The van der Waals surface area contributed by atoms with Crippen molar-refractivity contribution in [2.45, 2.75) is 26.3 Å². The minimum atomic E-state index is -0.0758. The Morgan fingerprint density at radius 1 is 1.64 bits per heavy atom. The third-order valence-electron chi connectivity index (χ3n) is 1.96. The SMILES string of the molecule is CC[C@@H](C)NC(=O)c1cncc(Br)c1. The van der Waals surface area contributed by atoms with Crippen LogP contribution in [0, 0.1) is 0 Å². The largest absolute Gasteiger partial charge is 0.350 e. The molecule has 0 radical (unpaired) electrons. The maximum atomic E-state index is 11.6. The minimum Gasteiger partial charge on any atom is -0.350 e. The molecule has 0 bridgehead atoms. The van der Waals surface area contributed by atoms with Gasteiger partial charge < -0.3 is 5.32 Å². The van der Waals surface area contributed by atoms with Crippen LogP contribution in [0.15, 0.2) is 22.9 Å². The second-order valence-electron chi connectivity index (χ2n) is 3.17. The fourth-order valence-electron chi connectivity index (χ4n) is 0.945. The maximum absolute atomic E-state index is 11.6. The van der Waals surface area contributed by atoms with Gasteiger partial charge in [-0.3, -0.25) is 9.78 Å². The van der Waals surface area contributed by atoms with Crippen LogP contribution in [0.2, 0.25) is 0 Å². The first-order chi connectivity index (χ1) is 6.63. The summed E-state index contributed by atoms with van der Waals surface area (Å²) in [6.45, 7) is 4.01. The Hall–Kier alpha value is -0.900. The van der Waals surface area contributed by atoms with Gasteiger partial charge in [-0.1, -0.05) is 6.92 Å². The van der Waals surface area contributed by atoms with Gasteiger partial charge in [0, 0.05) is 22.9 Å². The highest BCUT2D eigenvalue weighted by Crippen LogP contribution is 2.09. The highest BCUT2D eigenvalue weighted by molar-refractivity contribution is 9.10. The van der Waals surface area contributed by atoms with Crippen molar-refractivity contribution in [1.29, 1.82) is 0 Å². The number of carbonyl (C=O) groups is 1. The van der Waals surface area contributed by atoms with E-state index < -0.39 is 0 Å². The molecule has 0 fully saturated rings. The van der Waals surface area contributed by atoms with Gasteiger partial charge in [0.1, 0.15) is 0 Å². The second kappa shape index (κ2) is 5.10. The van der Waals surface area contributed by atoms with Gasteiger partial charge >= 0.3 is 0 Å². The smallest absolute Gasteiger partial charge is 0.253 e. The summed E-state index contributed by atoms with van der Waals surface area (Å²) in [6, 6.07) is 1.95. The van der Waals surface area contributed by atoms with Gasteiger partial charge in [-0.2, -0.15) is 0 Å². The lowest BCUT2D eigenvalue weighted by atomic mass is 10.2. The van der Waals surface area contributed by atoms with Crippen LogP contribution >= 0.6 is 15.9 Å². The minimum absolute atomic E-state index is 0.0758. The molecule has 14 heavy (non-hydrogen) atoms. The van der Waals surface area contributed by atoms with Crippen LogP contribution in [-0.2, 0) is 0 Å². The molecule has 0 unspecified atom stereocenters. The fraction of sp³-hybridized carbons (Fsp3) is 0.400. The predicted molar refractivity (Wildman–Crippen MR) is 59.2 cm³/mol. The summed E-state index contributed by atoms with van der Waals surface area (Å²) in [5.74, 6) is -0.0758. The van der Waals surface area contributed by atoms with Gasteiger partial charge in [0.25, 0.3) is 5.91 Å². The molecule has 0 saturated carbocycles. The highest BCUT2D eigenvalue weighted by atomic mass is 79.9. The molecule has 1 aromatic rings. The van der Waals surface area contributed by atoms with Crippen molar-refractivity contribution in [2.75, 3.05) is 0 Å². The molecule has 1 rings (SSSR count). The number of pyridine rings is 1. The van der Waals surface area contributed by atoms with E-state index in [1.54, 1.807) is 18.5 Å². The van der Waals surface area contributed by atoms with Crippen molar-refractivity contribution < 1.29 is 4.79 Å². The normalized spacial score (nSPS) is 12.2. The van der Waals surface area contributed by atoms with Crippen molar-refractivity contribution in [3.05, 3.63) is 28.5 Å². The Morgan fingerprint density at radius 3 is 2.93 bits per heavy atom. The number of nitrogens with one attached hydrogen (secondary N) is 1. The summed E-state index contributed by atoms with van der Waals surface area (Å²) in [7, 11) is 0. The Kier molecular flexibility index (Phi) is 4.07. The first kappa shape index (κ1) is 11.2. The topological polar surface area (TPSA) is 42.0 Å². The molecule has 3 nitrogen and oxygen atoms in total. The van der Waals surface area contributed by atoms with Crippen LogP contribution < -0.4 is 5.32 Å². The summed E-state index contributed by atoms with van der Waals surface area (Å²) >= 11 is 3.27. The number of hydrogen-bond donors (Lipinski definition) is 1. The van der Waals surface area contributed by atoms with Gasteiger partial charge in [0.2, 0.25) is 0 Å². The average Bonchev–Trinajstić information content (AvgIpc) is 2.17. The molecule has 76 valence electrons. The molecule has 1 atom stereocenters. The Morgan fingerprint density at radius 2 is 2.36 bits per heavy atom. The van der Waals surface area contributed by atoms with Crippen LogP contribution in [0.4, 0.5) is 0 Å². The Labute approximate surface area is 92.1 Å². The molecule has 1 heterocycles. The zero-order chi connectivity index (χ0) is 10.6. The third-order valence-corrected chi connectivity index (χ3v) is 2.39. The van der Waals surface area contributed by atoms with Gasteiger partial charge in [0.05, 0.1) is 5.56 Å². The van der Waals surface area contributed by atoms with Gasteiger partial charge in [-0.25, -0.2) is 0 Å². The second-order valence-corrected chi connectivity index (χ2v) is 4.09. The summed E-state index contributed by atoms with van der Waals surface area (Å²) in [5, 5.41) is 2.87. The van der Waals surface area contributed by atoms with Crippen LogP contribution in [-0.4, -0.2) is 16.9 Å². The van der Waals surface area contributed by atoms with Crippen molar-refractivity contribution >= 4 is 21.8 Å². The van der Waals surface area contributed by atoms with E-state index in [0.717, 1.165) is 10.9 Å². The van der Waals surface area contributed by atoms with Crippen LogP contribution in [0.3, 0.4) is 0 Å². The number of nitrogens with zero attached hydrogens (tertiary/aromatic N) is 1. The molecule has 0 saturated heterocycles. The third kappa shape index (κ3) is 3.10. The number of rotatable bonds is 3. The number of amides is 1. The van der Waals surface area contributed by atoms with E-state index in [1.807, 2.05) is 13.8 Å². The lowest BCUT2D eigenvalue weighted by molar-refractivity contribution is 0.0939. The molecule has 0 spiro atoms. The van der Waals surface area contributed by atoms with E-state index in [-0.39, 0.29) is 11.9 Å². The Balaban J connectivity index is 2.70. The van der Waals surface area contributed by atoms with E-state index in [9.17, 15) is 4.79 Å². The van der Waals surface area contributed by atoms with Crippen molar-refractivity contribution in [3.63, 3.8) is 0 Å². The Bertz CT molecular complexity index is 328. The molecule has 0 aliphatic carbocycles. The number of hydrogen-bond acceptors (Lipinski definition) is 2. The van der Waals surface area contributed by atoms with Gasteiger partial charge in [-0.05, 0) is 35.3 Å². The first-order valence-corrected chi connectivity index (χ1v) is 5.34. The van der Waals surface area contributed by atoms with E-state index in [0.29, 0.717) is 5.56 Å². The van der Waals surface area contributed by atoms with Crippen molar-refractivity contribution in [2.24, 2.45) is 0 Å². The predicted octanol–water partition coefficient (Wildman–Crippen LogP) is 2.37. The summed E-state index contributed by atoms with van der Waals surface area (Å²) in [5.41, 5.74) is 0.583. The first-order valence-electron chi connectivity index (χ1n) is 4.55. The summed E-state index contributed by atoms with van der Waals surface area (Å²) < 4.78 is 0.814. The number of halogens is 1. The number of carbonyl (C=O) groups excluding carboxylic acids is 1. The number of aromatic nitrogens is 1. The summed E-state index contributed by atoms with van der Waals surface area (Å²) in [4.78, 5) is 15.5. The lowest BCUT2D eigenvalue weighted by Crippen LogP contribution is -2.31. The standard InChI is InChI=1S/C10H13BrN2O/c1-3-7(2)13-10(14)8-4-9(11)6-12-5-8/h4-7H,3H2,1-2H3,(H,13,14)/t7-/m1/s1. The fourth-order valence-corrected chi connectivity index (χ4v) is 1.31. The zero-order valence-corrected chi connectivity index (χ0v) is 9.84. The molecule has 4 heteroatoms. The molecule has 1 N–H and O–H groups in total. The van der Waals surface area contributed by atoms with Gasteiger partial charge in [-0.15, -0.1) is 0 Å². The maximum Gasteiger partial charge on any atom is 0.253 e. The van der Waals surface area contributed by atoms with Crippen LogP contribution in [0.1, 0.15) is 30.6 Å². The average molecular weight is 257 g/mol. The van der Waals surface area contributed by atoms with Crippen LogP contribution in [0.5, 0.6) is 0 Å². The van der Waals surface area contributed by atoms with E-state index in [2.05, 4.69) is 26.2 Å². The highest BCUT2D eigenvalue weighted by Gasteiger charge is 2.08. The molecule has 0 aliphatic rings. The molecular formula is C10H13BrN2O. The monoisotopic (exact) mass is 256 g/mol. The molecular weight excluding hydrogens is 244 g/mol. The molecule has 0 aliphatic heterocycles. The zero-order valence-electron chi connectivity index (χ0n) is 8.25. The van der Waals surface area contributed by atoms with Crippen molar-refractivity contribution in [3.8, 4) is 0 Å². The molecule has 0 aromatic carbocycles. The van der Waals surface area contributed by atoms with E-state index in [4.69, 9.17) is 0 Å². The van der Waals surface area contributed by atoms with Crippen LogP contribution in [0.25, 0.3) is 0 Å². The molecule has 1 aromatic heterocycles. The van der Waals surface area contributed by atoms with Crippen molar-refractivity contribution in [1.82, 2.24) is 10.3 Å². The van der Waals surface area contributed by atoms with E-state index >= 15 is 0 Å². The van der Waals surface area contributed by atoms with E-state index in [1.165, 1.54) is 0 Å². The van der Waals surface area contributed by atoms with Gasteiger partial charge in [0.15, 0.2) is 0 Å². The quantitative estimate of drug-likeness (QED) is 0.903. The molecule has 1 amide bonds.